The lowest BCUT2D eigenvalue weighted by atomic mass is 9.92. The van der Waals surface area contributed by atoms with Crippen LogP contribution in [0.3, 0.4) is 0 Å². The van der Waals surface area contributed by atoms with Crippen LogP contribution in [-0.4, -0.2) is 24.1 Å². The summed E-state index contributed by atoms with van der Waals surface area (Å²) >= 11 is 0. The standard InChI is InChI=1S/C15H22N2O2/c1-11(18)13-4-2-3-5-14(13)17-8-6-12(7-9-17)10-15(16)19/h2-5,11-12,18H,6-10H2,1H3,(H2,16,19)/t11-/m1/s1. The van der Waals surface area contributed by atoms with Crippen LogP contribution >= 0.6 is 0 Å². The largest absolute Gasteiger partial charge is 0.389 e. The zero-order chi connectivity index (χ0) is 13.8. The molecule has 0 spiro atoms. The molecule has 1 fully saturated rings. The van der Waals surface area contributed by atoms with Gasteiger partial charge < -0.3 is 15.7 Å². The molecule has 1 aliphatic heterocycles. The van der Waals surface area contributed by atoms with Gasteiger partial charge in [0.25, 0.3) is 0 Å². The maximum Gasteiger partial charge on any atom is 0.217 e. The fourth-order valence-corrected chi connectivity index (χ4v) is 2.79. The second-order valence-corrected chi connectivity index (χ2v) is 5.34. The van der Waals surface area contributed by atoms with Gasteiger partial charge in [0.15, 0.2) is 0 Å². The van der Waals surface area contributed by atoms with Gasteiger partial charge >= 0.3 is 0 Å². The van der Waals surface area contributed by atoms with E-state index < -0.39 is 6.10 Å². The van der Waals surface area contributed by atoms with E-state index in [1.807, 2.05) is 18.2 Å². The molecule has 1 amide bonds. The third-order valence-electron chi connectivity index (χ3n) is 3.83. The van der Waals surface area contributed by atoms with Gasteiger partial charge in [0.2, 0.25) is 5.91 Å². The summed E-state index contributed by atoms with van der Waals surface area (Å²) in [4.78, 5) is 13.2. The second kappa shape index (κ2) is 6.06. The van der Waals surface area contributed by atoms with Crippen molar-refractivity contribution < 1.29 is 9.90 Å². The number of anilines is 1. The number of hydrogen-bond donors (Lipinski definition) is 2. The van der Waals surface area contributed by atoms with E-state index in [9.17, 15) is 9.90 Å². The predicted octanol–water partition coefficient (Wildman–Crippen LogP) is 1.83. The summed E-state index contributed by atoms with van der Waals surface area (Å²) in [5.74, 6) is 0.204. The van der Waals surface area contributed by atoms with Crippen molar-refractivity contribution in [3.63, 3.8) is 0 Å². The fourth-order valence-electron chi connectivity index (χ4n) is 2.79. The molecule has 0 bridgehead atoms. The minimum Gasteiger partial charge on any atom is -0.389 e. The van der Waals surface area contributed by atoms with Crippen LogP contribution in [-0.2, 0) is 4.79 Å². The van der Waals surface area contributed by atoms with Crippen molar-refractivity contribution in [2.45, 2.75) is 32.3 Å². The molecule has 4 heteroatoms. The van der Waals surface area contributed by atoms with Gasteiger partial charge in [-0.2, -0.15) is 0 Å². The number of aliphatic hydroxyl groups is 1. The molecule has 19 heavy (non-hydrogen) atoms. The van der Waals surface area contributed by atoms with Gasteiger partial charge in [-0.1, -0.05) is 18.2 Å². The van der Waals surface area contributed by atoms with Gasteiger partial charge in [-0.25, -0.2) is 0 Å². The lowest BCUT2D eigenvalue weighted by Gasteiger charge is -2.34. The molecule has 0 aromatic heterocycles. The Kier molecular flexibility index (Phi) is 4.43. The van der Waals surface area contributed by atoms with E-state index in [1.54, 1.807) is 6.92 Å². The third-order valence-corrected chi connectivity index (χ3v) is 3.83. The number of piperidine rings is 1. The molecule has 0 radical (unpaired) electrons. The zero-order valence-electron chi connectivity index (χ0n) is 11.4. The Hall–Kier alpha value is -1.55. The average molecular weight is 262 g/mol. The van der Waals surface area contributed by atoms with E-state index in [0.717, 1.165) is 37.2 Å². The molecule has 1 aromatic rings. The molecular formula is C15H22N2O2. The van der Waals surface area contributed by atoms with Crippen molar-refractivity contribution in [3.8, 4) is 0 Å². The first-order valence-electron chi connectivity index (χ1n) is 6.88. The molecule has 1 atom stereocenters. The quantitative estimate of drug-likeness (QED) is 0.870. The van der Waals surface area contributed by atoms with Gasteiger partial charge in [-0.15, -0.1) is 0 Å². The van der Waals surface area contributed by atoms with Crippen molar-refractivity contribution >= 4 is 11.6 Å². The molecule has 0 unspecified atom stereocenters. The smallest absolute Gasteiger partial charge is 0.217 e. The summed E-state index contributed by atoms with van der Waals surface area (Å²) in [5, 5.41) is 9.82. The molecule has 2 rings (SSSR count). The normalized spacial score (nSPS) is 18.3. The van der Waals surface area contributed by atoms with Gasteiger partial charge in [0.05, 0.1) is 6.10 Å². The fraction of sp³-hybridized carbons (Fsp3) is 0.533. The molecule has 1 aromatic carbocycles. The van der Waals surface area contributed by atoms with E-state index in [2.05, 4.69) is 11.0 Å². The Balaban J connectivity index is 2.03. The molecular weight excluding hydrogens is 240 g/mol. The van der Waals surface area contributed by atoms with Crippen LogP contribution in [0.2, 0.25) is 0 Å². The first-order valence-corrected chi connectivity index (χ1v) is 6.88. The Bertz CT molecular complexity index is 438. The average Bonchev–Trinajstić information content (AvgIpc) is 2.39. The highest BCUT2D eigenvalue weighted by atomic mass is 16.3. The minimum absolute atomic E-state index is 0.206. The number of amides is 1. The molecule has 0 saturated carbocycles. The molecule has 1 heterocycles. The Morgan fingerprint density at radius 3 is 2.63 bits per heavy atom. The van der Waals surface area contributed by atoms with E-state index in [-0.39, 0.29) is 5.91 Å². The number of nitrogens with zero attached hydrogens (tertiary/aromatic N) is 1. The SMILES string of the molecule is C[C@@H](O)c1ccccc1N1CCC(CC(N)=O)CC1. The summed E-state index contributed by atoms with van der Waals surface area (Å²) in [6.07, 6.45) is 2.00. The summed E-state index contributed by atoms with van der Waals surface area (Å²) in [7, 11) is 0. The Morgan fingerprint density at radius 1 is 1.42 bits per heavy atom. The number of hydrogen-bond acceptors (Lipinski definition) is 3. The van der Waals surface area contributed by atoms with Gasteiger partial charge in [-0.3, -0.25) is 4.79 Å². The van der Waals surface area contributed by atoms with Crippen LogP contribution in [0.15, 0.2) is 24.3 Å². The number of aliphatic hydroxyl groups excluding tert-OH is 1. The maximum atomic E-state index is 10.9. The second-order valence-electron chi connectivity index (χ2n) is 5.34. The number of benzene rings is 1. The summed E-state index contributed by atoms with van der Waals surface area (Å²) in [6, 6.07) is 7.97. The van der Waals surface area contributed by atoms with E-state index in [4.69, 9.17) is 5.73 Å². The third kappa shape index (κ3) is 3.47. The first kappa shape index (κ1) is 13.9. The highest BCUT2D eigenvalue weighted by Crippen LogP contribution is 2.30. The number of rotatable bonds is 4. The number of nitrogens with two attached hydrogens (primary N) is 1. The molecule has 104 valence electrons. The maximum absolute atomic E-state index is 10.9. The first-order chi connectivity index (χ1) is 9.08. The lowest BCUT2D eigenvalue weighted by molar-refractivity contribution is -0.119. The molecule has 3 N–H and O–H groups in total. The zero-order valence-corrected chi connectivity index (χ0v) is 11.4. The van der Waals surface area contributed by atoms with Crippen LogP contribution in [0.25, 0.3) is 0 Å². The number of para-hydroxylation sites is 1. The Morgan fingerprint density at radius 2 is 2.05 bits per heavy atom. The monoisotopic (exact) mass is 262 g/mol. The van der Waals surface area contributed by atoms with Gasteiger partial charge in [0.1, 0.15) is 0 Å². The predicted molar refractivity (Wildman–Crippen MR) is 75.8 cm³/mol. The summed E-state index contributed by atoms with van der Waals surface area (Å²) < 4.78 is 0. The van der Waals surface area contributed by atoms with Crippen LogP contribution in [0, 0.1) is 5.92 Å². The molecule has 4 nitrogen and oxygen atoms in total. The minimum atomic E-state index is -0.459. The highest BCUT2D eigenvalue weighted by molar-refractivity contribution is 5.74. The van der Waals surface area contributed by atoms with E-state index in [0.29, 0.717) is 12.3 Å². The van der Waals surface area contributed by atoms with Crippen molar-refractivity contribution in [2.75, 3.05) is 18.0 Å². The summed E-state index contributed by atoms with van der Waals surface area (Å²) in [5.41, 5.74) is 7.32. The number of primary amides is 1. The lowest BCUT2D eigenvalue weighted by Crippen LogP contribution is -2.35. The van der Waals surface area contributed by atoms with Crippen molar-refractivity contribution in [1.82, 2.24) is 0 Å². The van der Waals surface area contributed by atoms with E-state index in [1.165, 1.54) is 0 Å². The van der Waals surface area contributed by atoms with Gasteiger partial charge in [0, 0.05) is 30.8 Å². The number of carbonyl (C=O) groups excluding carboxylic acids is 1. The van der Waals surface area contributed by atoms with Crippen LogP contribution in [0.1, 0.15) is 37.9 Å². The Labute approximate surface area is 114 Å². The molecule has 1 aliphatic rings. The van der Waals surface area contributed by atoms with Crippen molar-refractivity contribution in [1.29, 1.82) is 0 Å². The van der Waals surface area contributed by atoms with Crippen molar-refractivity contribution in [3.05, 3.63) is 29.8 Å². The molecule has 1 saturated heterocycles. The van der Waals surface area contributed by atoms with Crippen LogP contribution in [0.5, 0.6) is 0 Å². The van der Waals surface area contributed by atoms with E-state index >= 15 is 0 Å². The van der Waals surface area contributed by atoms with Crippen molar-refractivity contribution in [2.24, 2.45) is 11.7 Å². The van der Waals surface area contributed by atoms with Crippen LogP contribution < -0.4 is 10.6 Å². The highest BCUT2D eigenvalue weighted by Gasteiger charge is 2.22. The molecule has 0 aliphatic carbocycles. The van der Waals surface area contributed by atoms with Gasteiger partial charge in [-0.05, 0) is 31.7 Å². The topological polar surface area (TPSA) is 66.6 Å². The van der Waals surface area contributed by atoms with Crippen LogP contribution in [0.4, 0.5) is 5.69 Å². The number of carbonyl (C=O) groups is 1. The summed E-state index contributed by atoms with van der Waals surface area (Å²) in [6.45, 7) is 3.63.